The number of hydrogen-bond donors (Lipinski definition) is 0. The molecule has 0 atom stereocenters. The van der Waals surface area contributed by atoms with Crippen LogP contribution >= 0.6 is 11.3 Å². The summed E-state index contributed by atoms with van der Waals surface area (Å²) in [7, 11) is 0. The molecule has 108 valence electrons. The Morgan fingerprint density at radius 1 is 1.19 bits per heavy atom. The van der Waals surface area contributed by atoms with Gasteiger partial charge in [0.2, 0.25) is 0 Å². The molecule has 0 aliphatic rings. The number of nitrogens with zero attached hydrogens (tertiary/aromatic N) is 3. The first-order valence-corrected chi connectivity index (χ1v) is 7.83. The topological polar surface area (TPSA) is 47.8 Å². The Kier molecular flexibility index (Phi) is 3.59. The van der Waals surface area contributed by atoms with Crippen LogP contribution in [0.2, 0.25) is 0 Å². The molecule has 3 rings (SSSR count). The van der Waals surface area contributed by atoms with E-state index in [9.17, 15) is 4.79 Å². The maximum Gasteiger partial charge on any atom is 0.272 e. The second-order valence-corrected chi connectivity index (χ2v) is 6.32. The first-order chi connectivity index (χ1) is 10.1. The third kappa shape index (κ3) is 2.49. The van der Waals surface area contributed by atoms with Crippen LogP contribution in [0.5, 0.6) is 0 Å². The van der Waals surface area contributed by atoms with Gasteiger partial charge in [-0.3, -0.25) is 9.36 Å². The molecule has 0 spiro atoms. The van der Waals surface area contributed by atoms with E-state index in [1.807, 2.05) is 35.8 Å². The standard InChI is InChI=1S/C16H17N3OS/c1-4-12-15(21-11(3)18-12)9-19-14-8-6-5-7-13(14)17-10(2)16(19)20/h5-8H,4,9H2,1-3H3. The third-order valence-electron chi connectivity index (χ3n) is 3.54. The molecule has 0 amide bonds. The second kappa shape index (κ2) is 5.41. The van der Waals surface area contributed by atoms with Crippen molar-refractivity contribution in [1.29, 1.82) is 0 Å². The lowest BCUT2D eigenvalue weighted by molar-refractivity contribution is 0.775. The van der Waals surface area contributed by atoms with Crippen molar-refractivity contribution in [2.45, 2.75) is 33.7 Å². The van der Waals surface area contributed by atoms with Crippen molar-refractivity contribution in [2.24, 2.45) is 0 Å². The van der Waals surface area contributed by atoms with Crippen molar-refractivity contribution in [3.63, 3.8) is 0 Å². The molecule has 0 bridgehead atoms. The summed E-state index contributed by atoms with van der Waals surface area (Å²) >= 11 is 1.67. The van der Waals surface area contributed by atoms with Crippen LogP contribution in [0.15, 0.2) is 29.1 Å². The van der Waals surface area contributed by atoms with Crippen LogP contribution in [0.3, 0.4) is 0 Å². The Labute approximate surface area is 127 Å². The first-order valence-electron chi connectivity index (χ1n) is 7.01. The largest absolute Gasteiger partial charge is 0.300 e. The quantitative estimate of drug-likeness (QED) is 0.746. The lowest BCUT2D eigenvalue weighted by Gasteiger charge is -2.10. The van der Waals surface area contributed by atoms with Crippen molar-refractivity contribution in [1.82, 2.24) is 14.5 Å². The molecule has 4 nitrogen and oxygen atoms in total. The van der Waals surface area contributed by atoms with Crippen molar-refractivity contribution < 1.29 is 0 Å². The van der Waals surface area contributed by atoms with Crippen molar-refractivity contribution in [3.8, 4) is 0 Å². The predicted octanol–water partition coefficient (Wildman–Crippen LogP) is 3.08. The number of aryl methyl sites for hydroxylation is 3. The average Bonchev–Trinajstić information content (AvgIpc) is 2.83. The summed E-state index contributed by atoms with van der Waals surface area (Å²) in [5, 5.41) is 1.05. The Balaban J connectivity index is 2.20. The highest BCUT2D eigenvalue weighted by atomic mass is 32.1. The molecule has 21 heavy (non-hydrogen) atoms. The molecular formula is C16H17N3OS. The summed E-state index contributed by atoms with van der Waals surface area (Å²) in [5.74, 6) is 0. The molecule has 0 aliphatic heterocycles. The number of rotatable bonds is 3. The van der Waals surface area contributed by atoms with E-state index in [0.29, 0.717) is 12.2 Å². The van der Waals surface area contributed by atoms with Gasteiger partial charge in [0, 0.05) is 4.88 Å². The van der Waals surface area contributed by atoms with Crippen molar-refractivity contribution in [2.75, 3.05) is 0 Å². The van der Waals surface area contributed by atoms with E-state index in [1.54, 1.807) is 18.3 Å². The van der Waals surface area contributed by atoms with Crippen LogP contribution in [0.1, 0.15) is 28.2 Å². The molecule has 2 heterocycles. The summed E-state index contributed by atoms with van der Waals surface area (Å²) in [5.41, 5.74) is 3.33. The Morgan fingerprint density at radius 3 is 2.71 bits per heavy atom. The molecule has 5 heteroatoms. The smallest absolute Gasteiger partial charge is 0.272 e. The number of benzene rings is 1. The van der Waals surface area contributed by atoms with Crippen LogP contribution in [0.4, 0.5) is 0 Å². The molecule has 0 saturated heterocycles. The zero-order valence-electron chi connectivity index (χ0n) is 12.4. The summed E-state index contributed by atoms with van der Waals surface area (Å²) in [6, 6.07) is 7.77. The Hall–Kier alpha value is -2.01. The number of hydrogen-bond acceptors (Lipinski definition) is 4. The van der Waals surface area contributed by atoms with Gasteiger partial charge >= 0.3 is 0 Å². The first kappa shape index (κ1) is 13.9. The molecule has 0 N–H and O–H groups in total. The van der Waals surface area contributed by atoms with Crippen molar-refractivity contribution in [3.05, 3.63) is 55.9 Å². The molecule has 0 saturated carbocycles. The maximum absolute atomic E-state index is 12.5. The maximum atomic E-state index is 12.5. The summed E-state index contributed by atoms with van der Waals surface area (Å²) < 4.78 is 1.81. The lowest BCUT2D eigenvalue weighted by Crippen LogP contribution is -2.24. The normalized spacial score (nSPS) is 11.2. The molecule has 0 radical (unpaired) electrons. The number of para-hydroxylation sites is 2. The van der Waals surface area contributed by atoms with E-state index in [-0.39, 0.29) is 5.56 Å². The summed E-state index contributed by atoms with van der Waals surface area (Å²) in [4.78, 5) is 22.6. The van der Waals surface area contributed by atoms with Gasteiger partial charge in [0.05, 0.1) is 28.3 Å². The van der Waals surface area contributed by atoms with Gasteiger partial charge in [0.15, 0.2) is 0 Å². The van der Waals surface area contributed by atoms with E-state index in [4.69, 9.17) is 0 Å². The fourth-order valence-corrected chi connectivity index (χ4v) is 3.55. The minimum Gasteiger partial charge on any atom is -0.300 e. The Morgan fingerprint density at radius 2 is 1.95 bits per heavy atom. The summed E-state index contributed by atoms with van der Waals surface area (Å²) in [6.07, 6.45) is 0.885. The highest BCUT2D eigenvalue weighted by Crippen LogP contribution is 2.21. The molecule has 0 fully saturated rings. The SMILES string of the molecule is CCc1nc(C)sc1Cn1c(=O)c(C)nc2ccccc21. The van der Waals surface area contributed by atoms with Crippen LogP contribution in [0.25, 0.3) is 11.0 Å². The number of aromatic nitrogens is 3. The fraction of sp³-hybridized carbons (Fsp3) is 0.312. The van der Waals surface area contributed by atoms with Gasteiger partial charge in [-0.1, -0.05) is 19.1 Å². The predicted molar refractivity (Wildman–Crippen MR) is 86.1 cm³/mol. The molecule has 1 aromatic carbocycles. The molecule has 0 aliphatic carbocycles. The fourth-order valence-electron chi connectivity index (χ4n) is 2.53. The van der Waals surface area contributed by atoms with Crippen LogP contribution < -0.4 is 5.56 Å². The van der Waals surface area contributed by atoms with E-state index in [0.717, 1.165) is 33.0 Å². The monoisotopic (exact) mass is 299 g/mol. The third-order valence-corrected chi connectivity index (χ3v) is 4.53. The van der Waals surface area contributed by atoms with Gasteiger partial charge in [0.1, 0.15) is 5.69 Å². The number of thiazole rings is 1. The lowest BCUT2D eigenvalue weighted by atomic mass is 10.2. The molecule has 2 aromatic heterocycles. The second-order valence-electron chi connectivity index (χ2n) is 5.03. The van der Waals surface area contributed by atoms with E-state index in [2.05, 4.69) is 16.9 Å². The Bertz CT molecular complexity index is 864. The van der Waals surface area contributed by atoms with Gasteiger partial charge in [-0.05, 0) is 32.4 Å². The average molecular weight is 299 g/mol. The zero-order valence-corrected chi connectivity index (χ0v) is 13.2. The minimum absolute atomic E-state index is 0.0261. The van der Waals surface area contributed by atoms with Gasteiger partial charge in [-0.25, -0.2) is 9.97 Å². The van der Waals surface area contributed by atoms with Gasteiger partial charge < -0.3 is 0 Å². The van der Waals surface area contributed by atoms with E-state index < -0.39 is 0 Å². The van der Waals surface area contributed by atoms with Crippen LogP contribution in [0, 0.1) is 13.8 Å². The molecule has 0 unspecified atom stereocenters. The van der Waals surface area contributed by atoms with E-state index >= 15 is 0 Å². The molecular weight excluding hydrogens is 282 g/mol. The van der Waals surface area contributed by atoms with Crippen LogP contribution in [-0.4, -0.2) is 14.5 Å². The van der Waals surface area contributed by atoms with Crippen molar-refractivity contribution >= 4 is 22.4 Å². The zero-order chi connectivity index (χ0) is 15.0. The number of fused-ring (bicyclic) bond motifs is 1. The minimum atomic E-state index is -0.0261. The van der Waals surface area contributed by atoms with E-state index in [1.165, 1.54) is 0 Å². The molecule has 3 aromatic rings. The highest BCUT2D eigenvalue weighted by Gasteiger charge is 2.12. The van der Waals surface area contributed by atoms with Gasteiger partial charge in [-0.2, -0.15) is 0 Å². The van der Waals surface area contributed by atoms with Crippen LogP contribution in [-0.2, 0) is 13.0 Å². The summed E-state index contributed by atoms with van der Waals surface area (Å²) in [6.45, 7) is 6.43. The highest BCUT2D eigenvalue weighted by molar-refractivity contribution is 7.11. The van der Waals surface area contributed by atoms with Gasteiger partial charge in [0.25, 0.3) is 5.56 Å². The van der Waals surface area contributed by atoms with Gasteiger partial charge in [-0.15, -0.1) is 11.3 Å².